The zero-order chi connectivity index (χ0) is 24.5. The first kappa shape index (κ1) is 22.9. The van der Waals surface area contributed by atoms with E-state index in [4.69, 9.17) is 18.9 Å². The summed E-state index contributed by atoms with van der Waals surface area (Å²) in [7, 11) is 0. The number of nitrogens with zero attached hydrogens (tertiary/aromatic N) is 2. The minimum atomic E-state index is -0.667. The molecule has 8 nitrogen and oxygen atoms in total. The number of esters is 1. The van der Waals surface area contributed by atoms with E-state index in [1.54, 1.807) is 24.5 Å². The third-order valence-corrected chi connectivity index (χ3v) is 6.70. The Morgan fingerprint density at radius 3 is 2.66 bits per heavy atom. The predicted molar refractivity (Wildman–Crippen MR) is 131 cm³/mol. The van der Waals surface area contributed by atoms with E-state index in [0.29, 0.717) is 44.5 Å². The van der Waals surface area contributed by atoms with Gasteiger partial charge in [0, 0.05) is 0 Å². The maximum Gasteiger partial charge on any atom is 0.338 e. The van der Waals surface area contributed by atoms with Gasteiger partial charge in [-0.2, -0.15) is 0 Å². The molecule has 0 spiro atoms. The van der Waals surface area contributed by atoms with Crippen LogP contribution in [0.3, 0.4) is 0 Å². The summed E-state index contributed by atoms with van der Waals surface area (Å²) < 4.78 is 23.8. The molecule has 2 aromatic carbocycles. The van der Waals surface area contributed by atoms with Crippen molar-refractivity contribution in [3.8, 4) is 17.2 Å². The SMILES string of the molecule is CCOC(=O)C1=C(C)N=c2s/c(=C\c3ccc4c(c3)OCO4)c(=O)n2[C@@H]1c1ccc(OCC)cc1. The Morgan fingerprint density at radius 2 is 1.91 bits per heavy atom. The lowest BCUT2D eigenvalue weighted by molar-refractivity contribution is -0.139. The maximum absolute atomic E-state index is 13.7. The Bertz CT molecular complexity index is 1500. The van der Waals surface area contributed by atoms with Crippen LogP contribution in [0.4, 0.5) is 0 Å². The highest BCUT2D eigenvalue weighted by molar-refractivity contribution is 7.07. The summed E-state index contributed by atoms with van der Waals surface area (Å²) in [5.41, 5.74) is 2.20. The number of aromatic nitrogens is 1. The van der Waals surface area contributed by atoms with Gasteiger partial charge in [0.05, 0.1) is 35.1 Å². The normalized spacial score (nSPS) is 16.7. The van der Waals surface area contributed by atoms with Gasteiger partial charge >= 0.3 is 5.97 Å². The summed E-state index contributed by atoms with van der Waals surface area (Å²) in [4.78, 5) is 31.8. The van der Waals surface area contributed by atoms with Crippen LogP contribution >= 0.6 is 11.3 Å². The van der Waals surface area contributed by atoms with E-state index >= 15 is 0 Å². The van der Waals surface area contributed by atoms with E-state index in [1.165, 1.54) is 11.3 Å². The van der Waals surface area contributed by atoms with E-state index < -0.39 is 12.0 Å². The van der Waals surface area contributed by atoms with Crippen LogP contribution in [-0.2, 0) is 9.53 Å². The molecule has 0 amide bonds. The second kappa shape index (κ2) is 9.42. The van der Waals surface area contributed by atoms with Gasteiger partial charge in [-0.15, -0.1) is 0 Å². The summed E-state index contributed by atoms with van der Waals surface area (Å²) in [6, 6.07) is 12.2. The molecule has 3 aromatic rings. The van der Waals surface area contributed by atoms with Crippen molar-refractivity contribution in [2.45, 2.75) is 26.8 Å². The summed E-state index contributed by atoms with van der Waals surface area (Å²) in [6.45, 7) is 6.38. The molecule has 35 heavy (non-hydrogen) atoms. The highest BCUT2D eigenvalue weighted by Gasteiger charge is 2.33. The number of ether oxygens (including phenoxy) is 4. The molecule has 0 radical (unpaired) electrons. The molecule has 9 heteroatoms. The minimum absolute atomic E-state index is 0.180. The molecular formula is C26H24N2O6S. The van der Waals surface area contributed by atoms with Crippen LogP contribution < -0.4 is 29.1 Å². The lowest BCUT2D eigenvalue weighted by atomic mass is 9.96. The lowest BCUT2D eigenvalue weighted by Crippen LogP contribution is -2.39. The van der Waals surface area contributed by atoms with Crippen LogP contribution in [0.25, 0.3) is 6.08 Å². The zero-order valence-electron chi connectivity index (χ0n) is 19.6. The standard InChI is InChI=1S/C26H24N2O6S/c1-4-31-18-9-7-17(8-10-18)23-22(25(30)32-5-2)15(3)27-26-28(23)24(29)21(35-26)13-16-6-11-19-20(12-16)34-14-33-19/h6-13,23H,4-5,14H2,1-3H3/b21-13-/t23-/m1/s1. The number of hydrogen-bond donors (Lipinski definition) is 0. The number of carbonyl (C=O) groups excluding carboxylic acids is 1. The fourth-order valence-corrected chi connectivity index (χ4v) is 5.22. The Hall–Kier alpha value is -3.85. The van der Waals surface area contributed by atoms with Gasteiger partial charge in [-0.3, -0.25) is 9.36 Å². The largest absolute Gasteiger partial charge is 0.494 e. The van der Waals surface area contributed by atoms with Gasteiger partial charge in [0.25, 0.3) is 5.56 Å². The monoisotopic (exact) mass is 492 g/mol. The van der Waals surface area contributed by atoms with Crippen LogP contribution in [-0.4, -0.2) is 30.5 Å². The molecule has 180 valence electrons. The van der Waals surface area contributed by atoms with Crippen LogP contribution in [0.1, 0.15) is 37.9 Å². The number of carbonyl (C=O) groups is 1. The van der Waals surface area contributed by atoms with Gasteiger partial charge in [-0.1, -0.05) is 29.5 Å². The molecule has 5 rings (SSSR count). The van der Waals surface area contributed by atoms with Gasteiger partial charge < -0.3 is 18.9 Å². The number of hydrogen-bond acceptors (Lipinski definition) is 8. The molecule has 0 saturated carbocycles. The Morgan fingerprint density at radius 1 is 1.14 bits per heavy atom. The number of benzene rings is 2. The molecule has 0 N–H and O–H groups in total. The Kier molecular flexibility index (Phi) is 6.17. The van der Waals surface area contributed by atoms with Crippen LogP contribution in [0, 0.1) is 0 Å². The van der Waals surface area contributed by atoms with Crippen molar-refractivity contribution in [3.05, 3.63) is 84.5 Å². The molecule has 1 atom stereocenters. The van der Waals surface area contributed by atoms with E-state index in [0.717, 1.165) is 11.1 Å². The molecule has 1 aromatic heterocycles. The van der Waals surface area contributed by atoms with Gasteiger partial charge in [-0.05, 0) is 62.2 Å². The molecule has 0 fully saturated rings. The third kappa shape index (κ3) is 4.23. The smallest absolute Gasteiger partial charge is 0.338 e. The molecule has 3 heterocycles. The van der Waals surface area contributed by atoms with Crippen molar-refractivity contribution in [2.75, 3.05) is 20.0 Å². The predicted octanol–water partition coefficient (Wildman–Crippen LogP) is 2.93. The van der Waals surface area contributed by atoms with Crippen molar-refractivity contribution in [1.29, 1.82) is 0 Å². The molecule has 0 bridgehead atoms. The minimum Gasteiger partial charge on any atom is -0.494 e. The second-order valence-corrected chi connectivity index (χ2v) is 8.93. The molecule has 0 saturated heterocycles. The van der Waals surface area contributed by atoms with Crippen molar-refractivity contribution < 1.29 is 23.7 Å². The van der Waals surface area contributed by atoms with Crippen molar-refractivity contribution in [2.24, 2.45) is 4.99 Å². The molecule has 2 aliphatic rings. The van der Waals surface area contributed by atoms with Crippen molar-refractivity contribution in [3.63, 3.8) is 0 Å². The molecule has 0 aliphatic carbocycles. The van der Waals surface area contributed by atoms with Gasteiger partial charge in [0.15, 0.2) is 16.3 Å². The van der Waals surface area contributed by atoms with E-state index in [9.17, 15) is 9.59 Å². The van der Waals surface area contributed by atoms with Crippen molar-refractivity contribution in [1.82, 2.24) is 4.57 Å². The number of allylic oxidation sites excluding steroid dienone is 1. The van der Waals surface area contributed by atoms with Gasteiger partial charge in [-0.25, -0.2) is 9.79 Å². The summed E-state index contributed by atoms with van der Waals surface area (Å²) in [5.74, 6) is 1.54. The summed E-state index contributed by atoms with van der Waals surface area (Å²) in [6.07, 6.45) is 1.80. The third-order valence-electron chi connectivity index (χ3n) is 5.72. The van der Waals surface area contributed by atoms with E-state index in [2.05, 4.69) is 4.99 Å². The number of rotatable bonds is 6. The van der Waals surface area contributed by atoms with Crippen LogP contribution in [0.5, 0.6) is 17.2 Å². The highest BCUT2D eigenvalue weighted by Crippen LogP contribution is 2.33. The fraction of sp³-hybridized carbons (Fsp3) is 0.269. The first-order valence-corrected chi connectivity index (χ1v) is 12.1. The van der Waals surface area contributed by atoms with Crippen LogP contribution in [0.15, 0.2) is 63.5 Å². The first-order valence-electron chi connectivity index (χ1n) is 11.3. The molecular weight excluding hydrogens is 468 g/mol. The maximum atomic E-state index is 13.7. The summed E-state index contributed by atoms with van der Waals surface area (Å²) >= 11 is 1.28. The fourth-order valence-electron chi connectivity index (χ4n) is 4.17. The lowest BCUT2D eigenvalue weighted by Gasteiger charge is -2.24. The van der Waals surface area contributed by atoms with Gasteiger partial charge in [0.2, 0.25) is 6.79 Å². The quantitative estimate of drug-likeness (QED) is 0.492. The average Bonchev–Trinajstić information content (AvgIpc) is 3.43. The van der Waals surface area contributed by atoms with Crippen LogP contribution in [0.2, 0.25) is 0 Å². The first-order chi connectivity index (χ1) is 17.0. The van der Waals surface area contributed by atoms with Gasteiger partial charge in [0.1, 0.15) is 5.75 Å². The average molecular weight is 493 g/mol. The second-order valence-electron chi connectivity index (χ2n) is 7.92. The van der Waals surface area contributed by atoms with E-state index in [-0.39, 0.29) is 19.0 Å². The van der Waals surface area contributed by atoms with E-state index in [1.807, 2.05) is 49.4 Å². The summed E-state index contributed by atoms with van der Waals surface area (Å²) in [5, 5.41) is 0. The number of thiazole rings is 1. The van der Waals surface area contributed by atoms with Crippen molar-refractivity contribution >= 4 is 23.4 Å². The number of fused-ring (bicyclic) bond motifs is 2. The highest BCUT2D eigenvalue weighted by atomic mass is 32.1. The molecule has 0 unspecified atom stereocenters. The Balaban J connectivity index is 1.66. The topological polar surface area (TPSA) is 88.4 Å². The molecule has 2 aliphatic heterocycles. The zero-order valence-corrected chi connectivity index (χ0v) is 20.4. The Labute approximate surface area is 205 Å².